The monoisotopic (exact) mass is 317 g/mol. The molecule has 2 aliphatic rings. The van der Waals surface area contributed by atoms with Gasteiger partial charge in [-0.3, -0.25) is 9.59 Å². The van der Waals surface area contributed by atoms with Crippen LogP contribution >= 0.6 is 0 Å². The number of ether oxygens (including phenoxy) is 1. The number of anilines is 1. The molecule has 5 heteroatoms. The van der Waals surface area contributed by atoms with E-state index in [-0.39, 0.29) is 12.2 Å². The molecule has 2 heterocycles. The van der Waals surface area contributed by atoms with E-state index in [0.29, 0.717) is 24.2 Å². The number of amides is 1. The number of carbonyl (C=O) groups is 2. The van der Waals surface area contributed by atoms with Crippen LogP contribution < -0.4 is 4.90 Å². The maximum absolute atomic E-state index is 13.0. The lowest BCUT2D eigenvalue weighted by Crippen LogP contribution is -2.55. The number of fused-ring (bicyclic) bond motifs is 1. The van der Waals surface area contributed by atoms with E-state index in [0.717, 1.165) is 6.42 Å². The van der Waals surface area contributed by atoms with Crippen LogP contribution in [0.4, 0.5) is 5.69 Å². The van der Waals surface area contributed by atoms with Crippen molar-refractivity contribution in [1.82, 2.24) is 0 Å². The summed E-state index contributed by atoms with van der Waals surface area (Å²) in [6.07, 6.45) is 0.287. The van der Waals surface area contributed by atoms with Crippen LogP contribution in [-0.2, 0) is 19.9 Å². The van der Waals surface area contributed by atoms with Gasteiger partial charge < -0.3 is 14.7 Å². The number of aliphatic hydroxyl groups is 1. The summed E-state index contributed by atoms with van der Waals surface area (Å²) >= 11 is 0. The molecule has 0 aliphatic carbocycles. The Hall–Kier alpha value is -1.72. The first-order chi connectivity index (χ1) is 10.8. The molecule has 1 aromatic carbocycles. The Morgan fingerprint density at radius 3 is 2.65 bits per heavy atom. The summed E-state index contributed by atoms with van der Waals surface area (Å²) in [4.78, 5) is 26.7. The molecule has 0 aromatic heterocycles. The third kappa shape index (κ3) is 2.48. The Morgan fingerprint density at radius 1 is 1.30 bits per heavy atom. The smallest absolute Gasteiger partial charge is 0.266 e. The van der Waals surface area contributed by atoms with E-state index in [1.807, 2.05) is 32.9 Å². The Kier molecular flexibility index (Phi) is 3.81. The lowest BCUT2D eigenvalue weighted by atomic mass is 9.82. The van der Waals surface area contributed by atoms with Crippen LogP contribution in [0.2, 0.25) is 0 Å². The highest BCUT2D eigenvalue weighted by molar-refractivity contribution is 6.07. The molecule has 0 bridgehead atoms. The Labute approximate surface area is 136 Å². The molecule has 1 aromatic rings. The van der Waals surface area contributed by atoms with E-state index in [4.69, 9.17) is 4.74 Å². The van der Waals surface area contributed by atoms with Gasteiger partial charge in [0, 0.05) is 24.9 Å². The molecule has 3 rings (SSSR count). The van der Waals surface area contributed by atoms with Crippen molar-refractivity contribution < 1.29 is 19.4 Å². The molecule has 0 spiro atoms. The van der Waals surface area contributed by atoms with Gasteiger partial charge in [-0.1, -0.05) is 25.1 Å². The van der Waals surface area contributed by atoms with Crippen molar-refractivity contribution in [3.05, 3.63) is 29.8 Å². The van der Waals surface area contributed by atoms with Crippen molar-refractivity contribution in [2.45, 2.75) is 57.3 Å². The van der Waals surface area contributed by atoms with Crippen molar-refractivity contribution in [2.75, 3.05) is 11.4 Å². The van der Waals surface area contributed by atoms with Crippen molar-refractivity contribution in [3.8, 4) is 0 Å². The van der Waals surface area contributed by atoms with Crippen molar-refractivity contribution in [2.24, 2.45) is 0 Å². The number of nitrogens with zero attached hydrogens (tertiary/aromatic N) is 1. The standard InChI is InChI=1S/C18H23NO4/c1-4-9-19-14-8-6-5-7-13(14)18(22,16(19)21)15-10-12(20)11-17(2,3)23-15/h5-8,15,22H,4,9-11H2,1-3H3/t15-,18-/m1/s1. The molecule has 23 heavy (non-hydrogen) atoms. The largest absolute Gasteiger partial charge is 0.373 e. The van der Waals surface area contributed by atoms with Gasteiger partial charge in [-0.15, -0.1) is 0 Å². The number of rotatable bonds is 3. The minimum atomic E-state index is -1.79. The molecule has 0 unspecified atom stereocenters. The van der Waals surface area contributed by atoms with Gasteiger partial charge in [0.2, 0.25) is 0 Å². The predicted molar refractivity (Wildman–Crippen MR) is 86.2 cm³/mol. The van der Waals surface area contributed by atoms with Crippen LogP contribution in [0.25, 0.3) is 0 Å². The summed E-state index contributed by atoms with van der Waals surface area (Å²) in [5.41, 5.74) is -1.22. The van der Waals surface area contributed by atoms with Gasteiger partial charge in [0.1, 0.15) is 11.9 Å². The number of hydrogen-bond donors (Lipinski definition) is 1. The van der Waals surface area contributed by atoms with Crippen LogP contribution in [0.1, 0.15) is 45.6 Å². The summed E-state index contributed by atoms with van der Waals surface area (Å²) in [7, 11) is 0. The highest BCUT2D eigenvalue weighted by Crippen LogP contribution is 2.46. The average molecular weight is 317 g/mol. The summed E-state index contributed by atoms with van der Waals surface area (Å²) in [6.45, 7) is 6.14. The lowest BCUT2D eigenvalue weighted by molar-refractivity contribution is -0.194. The number of hydrogen-bond acceptors (Lipinski definition) is 4. The fraction of sp³-hybridized carbons (Fsp3) is 0.556. The first-order valence-corrected chi connectivity index (χ1v) is 8.13. The van der Waals surface area contributed by atoms with E-state index in [9.17, 15) is 14.7 Å². The molecule has 1 N–H and O–H groups in total. The number of para-hydroxylation sites is 1. The van der Waals surface area contributed by atoms with Gasteiger partial charge in [-0.2, -0.15) is 0 Å². The van der Waals surface area contributed by atoms with Gasteiger partial charge in [-0.05, 0) is 26.3 Å². The zero-order chi connectivity index (χ0) is 16.8. The molecule has 5 nitrogen and oxygen atoms in total. The van der Waals surface area contributed by atoms with Crippen LogP contribution in [0.5, 0.6) is 0 Å². The van der Waals surface area contributed by atoms with Gasteiger partial charge in [0.25, 0.3) is 5.91 Å². The van der Waals surface area contributed by atoms with Crippen LogP contribution in [0, 0.1) is 0 Å². The second kappa shape index (κ2) is 5.42. The minimum Gasteiger partial charge on any atom is -0.373 e. The summed E-state index contributed by atoms with van der Waals surface area (Å²) in [6, 6.07) is 7.22. The topological polar surface area (TPSA) is 66.8 Å². The number of carbonyl (C=O) groups excluding carboxylic acids is 2. The molecular weight excluding hydrogens is 294 g/mol. The molecule has 0 saturated carbocycles. The zero-order valence-corrected chi connectivity index (χ0v) is 13.8. The van der Waals surface area contributed by atoms with E-state index in [1.165, 1.54) is 0 Å². The Bertz CT molecular complexity index is 654. The normalized spacial score (nSPS) is 29.7. The van der Waals surface area contributed by atoms with Crippen molar-refractivity contribution >= 4 is 17.4 Å². The highest BCUT2D eigenvalue weighted by atomic mass is 16.5. The van der Waals surface area contributed by atoms with Gasteiger partial charge in [0.15, 0.2) is 5.60 Å². The fourth-order valence-electron chi connectivity index (χ4n) is 3.67. The first kappa shape index (κ1) is 16.1. The Morgan fingerprint density at radius 2 is 2.00 bits per heavy atom. The van der Waals surface area contributed by atoms with Gasteiger partial charge >= 0.3 is 0 Å². The molecule has 124 valence electrons. The van der Waals surface area contributed by atoms with Crippen molar-refractivity contribution in [1.29, 1.82) is 0 Å². The minimum absolute atomic E-state index is 0.0129. The molecule has 2 atom stereocenters. The molecule has 1 fully saturated rings. The fourth-order valence-corrected chi connectivity index (χ4v) is 3.67. The predicted octanol–water partition coefficient (Wildman–Crippen LogP) is 2.16. The summed E-state index contributed by atoms with van der Waals surface area (Å²) in [5.74, 6) is -0.380. The Balaban J connectivity index is 2.06. The van der Waals surface area contributed by atoms with Gasteiger partial charge in [-0.25, -0.2) is 0 Å². The maximum Gasteiger partial charge on any atom is 0.266 e. The van der Waals surface area contributed by atoms with Crippen LogP contribution in [0.3, 0.4) is 0 Å². The third-order valence-corrected chi connectivity index (χ3v) is 4.59. The average Bonchev–Trinajstić information content (AvgIpc) is 2.69. The summed E-state index contributed by atoms with van der Waals surface area (Å²) < 4.78 is 5.97. The molecule has 1 amide bonds. The highest BCUT2D eigenvalue weighted by Gasteiger charge is 2.57. The van der Waals surface area contributed by atoms with E-state index in [2.05, 4.69) is 0 Å². The first-order valence-electron chi connectivity index (χ1n) is 8.13. The summed E-state index contributed by atoms with van der Waals surface area (Å²) in [5, 5.41) is 11.3. The number of ketones is 1. The van der Waals surface area contributed by atoms with Crippen LogP contribution in [0.15, 0.2) is 24.3 Å². The van der Waals surface area contributed by atoms with Gasteiger partial charge in [0.05, 0.1) is 11.3 Å². The second-order valence-electron chi connectivity index (χ2n) is 7.03. The second-order valence-corrected chi connectivity index (χ2v) is 7.03. The van der Waals surface area contributed by atoms with E-state index >= 15 is 0 Å². The van der Waals surface area contributed by atoms with E-state index < -0.39 is 23.2 Å². The maximum atomic E-state index is 13.0. The lowest BCUT2D eigenvalue weighted by Gasteiger charge is -2.41. The SMILES string of the molecule is CCCN1C(=O)[C@](O)([C@H]2CC(=O)CC(C)(C)O2)c2ccccc21. The third-order valence-electron chi connectivity index (χ3n) is 4.59. The molecule has 2 aliphatic heterocycles. The number of benzene rings is 1. The van der Waals surface area contributed by atoms with Crippen molar-refractivity contribution in [3.63, 3.8) is 0 Å². The molecule has 0 radical (unpaired) electrons. The number of Topliss-reactive ketones (excluding diaryl/α,β-unsaturated/α-hetero) is 1. The quantitative estimate of drug-likeness (QED) is 0.927. The van der Waals surface area contributed by atoms with E-state index in [1.54, 1.807) is 17.0 Å². The van der Waals surface area contributed by atoms with Crippen LogP contribution in [-0.4, -0.2) is 35.0 Å². The molecule has 1 saturated heterocycles. The molecular formula is C18H23NO4. The zero-order valence-electron chi connectivity index (χ0n) is 13.8.